The van der Waals surface area contributed by atoms with E-state index in [9.17, 15) is 9.59 Å². The second kappa shape index (κ2) is 10.4. The Balaban J connectivity index is 1.30. The molecule has 1 atom stereocenters. The van der Waals surface area contributed by atoms with Gasteiger partial charge in [0.15, 0.2) is 0 Å². The first-order valence-corrected chi connectivity index (χ1v) is 12.3. The summed E-state index contributed by atoms with van der Waals surface area (Å²) >= 11 is 0. The minimum absolute atomic E-state index is 0.00185. The van der Waals surface area contributed by atoms with Crippen molar-refractivity contribution in [3.8, 4) is 5.75 Å². The first kappa shape index (κ1) is 22.7. The maximum atomic E-state index is 13.4. The molecule has 3 amide bonds. The lowest BCUT2D eigenvalue weighted by atomic mass is 9.95. The molecule has 32 heavy (non-hydrogen) atoms. The standard InChI is InChI=1S/C26H37N3O3/c1-3-22-18-29(23-17-19(2)9-10-24(23)32-22)26(31)28-15-12-21(13-16-28)25(30)27-14-11-20-7-5-4-6-8-20/h7,9-10,17,21-22H,3-6,8,11-16,18H2,1-2H3,(H,27,30)/t22-/m0/s1. The van der Waals surface area contributed by atoms with E-state index >= 15 is 0 Å². The number of nitrogens with one attached hydrogen (secondary N) is 1. The van der Waals surface area contributed by atoms with Crippen LogP contribution in [0.1, 0.15) is 63.9 Å². The lowest BCUT2D eigenvalue weighted by Gasteiger charge is -2.39. The van der Waals surface area contributed by atoms with E-state index in [1.165, 1.54) is 31.3 Å². The van der Waals surface area contributed by atoms with Crippen LogP contribution in [-0.2, 0) is 4.79 Å². The highest BCUT2D eigenvalue weighted by Gasteiger charge is 2.34. The first-order chi connectivity index (χ1) is 15.5. The van der Waals surface area contributed by atoms with Crippen molar-refractivity contribution in [1.82, 2.24) is 10.2 Å². The van der Waals surface area contributed by atoms with Gasteiger partial charge in [0.25, 0.3) is 0 Å². The lowest BCUT2D eigenvalue weighted by Crippen LogP contribution is -2.52. The molecule has 0 unspecified atom stereocenters. The van der Waals surface area contributed by atoms with E-state index in [1.54, 1.807) is 0 Å². The van der Waals surface area contributed by atoms with Gasteiger partial charge in [0.1, 0.15) is 11.9 Å². The molecule has 2 aliphatic heterocycles. The number of urea groups is 1. The number of hydrogen-bond acceptors (Lipinski definition) is 3. The Hall–Kier alpha value is -2.50. The van der Waals surface area contributed by atoms with Crippen LogP contribution in [-0.4, -0.2) is 49.1 Å². The van der Waals surface area contributed by atoms with E-state index < -0.39 is 0 Å². The number of benzene rings is 1. The van der Waals surface area contributed by atoms with Gasteiger partial charge in [0.2, 0.25) is 5.91 Å². The molecule has 0 bridgehead atoms. The number of piperidine rings is 1. The normalized spacial score (nSPS) is 21.4. The number of carbonyl (C=O) groups is 2. The van der Waals surface area contributed by atoms with Gasteiger partial charge >= 0.3 is 6.03 Å². The molecule has 0 radical (unpaired) electrons. The van der Waals surface area contributed by atoms with Crippen LogP contribution in [0.3, 0.4) is 0 Å². The third-order valence-corrected chi connectivity index (χ3v) is 7.04. The SMILES string of the molecule is CC[C@H]1CN(C(=O)N2CCC(C(=O)NCCC3=CCCCC3)CC2)c2cc(C)ccc2O1. The summed E-state index contributed by atoms with van der Waals surface area (Å²) in [5.74, 6) is 0.929. The zero-order chi connectivity index (χ0) is 22.5. The van der Waals surface area contributed by atoms with Gasteiger partial charge < -0.3 is 15.0 Å². The molecule has 0 aromatic heterocycles. The van der Waals surface area contributed by atoms with E-state index in [0.717, 1.165) is 49.2 Å². The molecule has 3 aliphatic rings. The van der Waals surface area contributed by atoms with Crippen molar-refractivity contribution in [2.45, 2.75) is 71.3 Å². The van der Waals surface area contributed by atoms with Crippen molar-refractivity contribution >= 4 is 17.6 Å². The van der Waals surface area contributed by atoms with E-state index in [2.05, 4.69) is 18.3 Å². The minimum atomic E-state index is 0.00185. The fourth-order valence-corrected chi connectivity index (χ4v) is 4.98. The monoisotopic (exact) mass is 439 g/mol. The summed E-state index contributed by atoms with van der Waals surface area (Å²) in [5, 5.41) is 3.13. The number of nitrogens with zero attached hydrogens (tertiary/aromatic N) is 2. The number of allylic oxidation sites excluding steroid dienone is 1. The highest BCUT2D eigenvalue weighted by atomic mass is 16.5. The maximum Gasteiger partial charge on any atom is 0.324 e. The minimum Gasteiger partial charge on any atom is -0.486 e. The molecule has 1 fully saturated rings. The maximum absolute atomic E-state index is 13.4. The van der Waals surface area contributed by atoms with Crippen molar-refractivity contribution in [3.05, 3.63) is 35.4 Å². The molecule has 1 saturated heterocycles. The van der Waals surface area contributed by atoms with E-state index in [4.69, 9.17) is 4.74 Å². The largest absolute Gasteiger partial charge is 0.486 e. The van der Waals surface area contributed by atoms with Crippen molar-refractivity contribution < 1.29 is 14.3 Å². The first-order valence-electron chi connectivity index (χ1n) is 12.3. The van der Waals surface area contributed by atoms with Crippen LogP contribution < -0.4 is 15.0 Å². The number of aryl methyl sites for hydroxylation is 1. The summed E-state index contributed by atoms with van der Waals surface area (Å²) in [6, 6.07) is 6.05. The zero-order valence-electron chi connectivity index (χ0n) is 19.6. The molecule has 174 valence electrons. The van der Waals surface area contributed by atoms with Crippen molar-refractivity contribution in [3.63, 3.8) is 0 Å². The molecular weight excluding hydrogens is 402 g/mol. The number of amides is 3. The van der Waals surface area contributed by atoms with E-state index in [0.29, 0.717) is 19.6 Å². The van der Waals surface area contributed by atoms with Crippen LogP contribution in [0.5, 0.6) is 5.75 Å². The van der Waals surface area contributed by atoms with Gasteiger partial charge in [-0.1, -0.05) is 24.6 Å². The van der Waals surface area contributed by atoms with E-state index in [1.807, 2.05) is 34.9 Å². The van der Waals surface area contributed by atoms with E-state index in [-0.39, 0.29) is 24.0 Å². The third-order valence-electron chi connectivity index (χ3n) is 7.04. The zero-order valence-corrected chi connectivity index (χ0v) is 19.6. The average Bonchev–Trinajstić information content (AvgIpc) is 2.83. The predicted molar refractivity (Wildman–Crippen MR) is 127 cm³/mol. The van der Waals surface area contributed by atoms with Crippen LogP contribution in [0, 0.1) is 12.8 Å². The second-order valence-corrected chi connectivity index (χ2v) is 9.42. The molecule has 6 nitrogen and oxygen atoms in total. The van der Waals surface area contributed by atoms with Crippen LogP contribution in [0.15, 0.2) is 29.8 Å². The summed E-state index contributed by atoms with van der Waals surface area (Å²) in [6.07, 6.45) is 10.6. The van der Waals surface area contributed by atoms with Gasteiger partial charge in [0, 0.05) is 25.6 Å². The molecule has 0 saturated carbocycles. The lowest BCUT2D eigenvalue weighted by molar-refractivity contribution is -0.126. The second-order valence-electron chi connectivity index (χ2n) is 9.42. The summed E-state index contributed by atoms with van der Waals surface area (Å²) in [6.45, 7) is 6.66. The molecule has 6 heteroatoms. The molecule has 4 rings (SSSR count). The summed E-state index contributed by atoms with van der Waals surface area (Å²) < 4.78 is 6.06. The Morgan fingerprint density at radius 1 is 1.19 bits per heavy atom. The van der Waals surface area contributed by atoms with Crippen LogP contribution in [0.4, 0.5) is 10.5 Å². The molecule has 0 spiro atoms. The van der Waals surface area contributed by atoms with Gasteiger partial charge in [-0.3, -0.25) is 9.69 Å². The number of ether oxygens (including phenoxy) is 1. The van der Waals surface area contributed by atoms with Crippen LogP contribution in [0.2, 0.25) is 0 Å². The van der Waals surface area contributed by atoms with Gasteiger partial charge in [-0.25, -0.2) is 4.79 Å². The molecule has 1 aromatic rings. The Labute approximate surface area is 192 Å². The predicted octanol–water partition coefficient (Wildman–Crippen LogP) is 4.81. The number of likely N-dealkylation sites (tertiary alicyclic amines) is 1. The van der Waals surface area contributed by atoms with Crippen LogP contribution in [0.25, 0.3) is 0 Å². The fraction of sp³-hybridized carbons (Fsp3) is 0.615. The Bertz CT molecular complexity index is 858. The number of rotatable bonds is 5. The summed E-state index contributed by atoms with van der Waals surface area (Å²) in [4.78, 5) is 29.8. The molecular formula is C26H37N3O3. The van der Waals surface area contributed by atoms with Gasteiger partial charge in [-0.15, -0.1) is 0 Å². The Morgan fingerprint density at radius 2 is 2.00 bits per heavy atom. The Morgan fingerprint density at radius 3 is 2.72 bits per heavy atom. The van der Waals surface area contributed by atoms with Gasteiger partial charge in [-0.2, -0.15) is 0 Å². The van der Waals surface area contributed by atoms with Crippen molar-refractivity contribution in [2.75, 3.05) is 31.1 Å². The van der Waals surface area contributed by atoms with Gasteiger partial charge in [0.05, 0.1) is 12.2 Å². The summed E-state index contributed by atoms with van der Waals surface area (Å²) in [5.41, 5.74) is 3.46. The topological polar surface area (TPSA) is 61.9 Å². The molecule has 2 heterocycles. The number of fused-ring (bicyclic) bond motifs is 1. The van der Waals surface area contributed by atoms with Crippen LogP contribution >= 0.6 is 0 Å². The number of anilines is 1. The smallest absolute Gasteiger partial charge is 0.324 e. The molecule has 1 aliphatic carbocycles. The Kier molecular flexibility index (Phi) is 7.38. The van der Waals surface area contributed by atoms with Gasteiger partial charge in [-0.05, 0) is 76.0 Å². The average molecular weight is 440 g/mol. The molecule has 1 N–H and O–H groups in total. The fourth-order valence-electron chi connectivity index (χ4n) is 4.98. The summed E-state index contributed by atoms with van der Waals surface area (Å²) in [7, 11) is 0. The number of hydrogen-bond donors (Lipinski definition) is 1. The number of carbonyl (C=O) groups excluding carboxylic acids is 2. The van der Waals surface area contributed by atoms with Crippen molar-refractivity contribution in [2.24, 2.45) is 5.92 Å². The molecule has 1 aromatic carbocycles. The quantitative estimate of drug-likeness (QED) is 0.670. The highest BCUT2D eigenvalue weighted by molar-refractivity contribution is 5.94. The third kappa shape index (κ3) is 5.28. The highest BCUT2D eigenvalue weighted by Crippen LogP contribution is 2.36. The van der Waals surface area contributed by atoms with Crippen molar-refractivity contribution in [1.29, 1.82) is 0 Å².